The Hall–Kier alpha value is -0.820. The summed E-state index contributed by atoms with van der Waals surface area (Å²) in [6.45, 7) is 6.82. The van der Waals surface area contributed by atoms with E-state index in [1.165, 1.54) is 24.0 Å². The van der Waals surface area contributed by atoms with Gasteiger partial charge in [-0.3, -0.25) is 0 Å². The number of hydrogen-bond acceptors (Lipinski definition) is 1. The molecule has 94 valence electrons. The largest absolute Gasteiger partial charge is 0.317 e. The van der Waals surface area contributed by atoms with Crippen molar-refractivity contribution in [1.29, 1.82) is 0 Å². The quantitative estimate of drug-likeness (QED) is 0.828. The molecular formula is C16H25N. The maximum absolute atomic E-state index is 3.43. The van der Waals surface area contributed by atoms with E-state index >= 15 is 0 Å². The van der Waals surface area contributed by atoms with Crippen LogP contribution in [0.15, 0.2) is 24.3 Å². The summed E-state index contributed by atoms with van der Waals surface area (Å²) in [5.41, 5.74) is 2.99. The summed E-state index contributed by atoms with van der Waals surface area (Å²) in [5.74, 6) is 2.24. The van der Waals surface area contributed by atoms with Gasteiger partial charge in [-0.05, 0) is 42.3 Å². The summed E-state index contributed by atoms with van der Waals surface area (Å²) in [6, 6.07) is 10.0. The fraction of sp³-hybridized carbons (Fsp3) is 0.625. The lowest BCUT2D eigenvalue weighted by Crippen LogP contribution is -2.47. The molecule has 0 heterocycles. The first-order chi connectivity index (χ1) is 8.17. The van der Waals surface area contributed by atoms with Gasteiger partial charge in [0.1, 0.15) is 0 Å². The Bertz CT molecular complexity index is 352. The fourth-order valence-corrected chi connectivity index (χ4v) is 3.12. The molecule has 3 unspecified atom stereocenters. The Kier molecular flexibility index (Phi) is 3.88. The summed E-state index contributed by atoms with van der Waals surface area (Å²) in [5, 5.41) is 3.43. The summed E-state index contributed by atoms with van der Waals surface area (Å²) in [4.78, 5) is 0. The molecule has 0 radical (unpaired) electrons. The average molecular weight is 231 g/mol. The van der Waals surface area contributed by atoms with Crippen LogP contribution in [0.4, 0.5) is 0 Å². The van der Waals surface area contributed by atoms with Crippen molar-refractivity contribution in [3.63, 3.8) is 0 Å². The minimum atomic E-state index is 0.637. The highest BCUT2D eigenvalue weighted by atomic mass is 14.9. The lowest BCUT2D eigenvalue weighted by atomic mass is 9.65. The van der Waals surface area contributed by atoms with Crippen molar-refractivity contribution in [1.82, 2.24) is 5.32 Å². The summed E-state index contributed by atoms with van der Waals surface area (Å²) >= 11 is 0. The van der Waals surface area contributed by atoms with E-state index in [0.717, 1.165) is 17.9 Å². The Labute approximate surface area is 106 Å². The third kappa shape index (κ3) is 2.40. The summed E-state index contributed by atoms with van der Waals surface area (Å²) < 4.78 is 0. The number of hydrogen-bond donors (Lipinski definition) is 1. The first kappa shape index (κ1) is 12.6. The van der Waals surface area contributed by atoms with Crippen LogP contribution in [0.3, 0.4) is 0 Å². The Morgan fingerprint density at radius 1 is 1.24 bits per heavy atom. The van der Waals surface area contributed by atoms with Gasteiger partial charge in [0.05, 0.1) is 0 Å². The van der Waals surface area contributed by atoms with Crippen molar-refractivity contribution in [2.24, 2.45) is 5.92 Å². The Morgan fingerprint density at radius 2 is 1.88 bits per heavy atom. The van der Waals surface area contributed by atoms with Gasteiger partial charge in [0.25, 0.3) is 0 Å². The van der Waals surface area contributed by atoms with Crippen molar-refractivity contribution < 1.29 is 0 Å². The predicted molar refractivity (Wildman–Crippen MR) is 74.5 cm³/mol. The van der Waals surface area contributed by atoms with Gasteiger partial charge >= 0.3 is 0 Å². The van der Waals surface area contributed by atoms with E-state index in [4.69, 9.17) is 0 Å². The maximum atomic E-state index is 3.43. The third-order valence-corrected chi connectivity index (χ3v) is 4.42. The van der Waals surface area contributed by atoms with E-state index in [9.17, 15) is 0 Å². The molecule has 1 aromatic rings. The van der Waals surface area contributed by atoms with Crippen LogP contribution in [0.25, 0.3) is 0 Å². The summed E-state index contributed by atoms with van der Waals surface area (Å²) in [7, 11) is 2.09. The van der Waals surface area contributed by atoms with E-state index in [0.29, 0.717) is 5.92 Å². The highest BCUT2D eigenvalue weighted by molar-refractivity contribution is 5.30. The Balaban J connectivity index is 2.08. The molecule has 0 spiro atoms. The van der Waals surface area contributed by atoms with Crippen LogP contribution in [0.1, 0.15) is 56.6 Å². The normalized spacial score (nSPS) is 28.2. The minimum Gasteiger partial charge on any atom is -0.317 e. The second-order valence-electron chi connectivity index (χ2n) is 5.63. The van der Waals surface area contributed by atoms with Crippen LogP contribution in [0.5, 0.6) is 0 Å². The zero-order valence-corrected chi connectivity index (χ0v) is 11.5. The van der Waals surface area contributed by atoms with Crippen molar-refractivity contribution in [2.75, 3.05) is 7.05 Å². The molecule has 0 saturated heterocycles. The second kappa shape index (κ2) is 5.22. The lowest BCUT2D eigenvalue weighted by molar-refractivity contribution is 0.169. The zero-order chi connectivity index (χ0) is 12.4. The number of rotatable bonds is 4. The molecule has 0 aliphatic heterocycles. The summed E-state index contributed by atoms with van der Waals surface area (Å²) in [6.07, 6.45) is 2.58. The second-order valence-corrected chi connectivity index (χ2v) is 5.63. The van der Waals surface area contributed by atoms with Gasteiger partial charge in [0.15, 0.2) is 0 Å². The molecule has 0 bridgehead atoms. The van der Waals surface area contributed by atoms with Crippen LogP contribution in [0, 0.1) is 5.92 Å². The highest BCUT2D eigenvalue weighted by Crippen LogP contribution is 2.44. The highest BCUT2D eigenvalue weighted by Gasteiger charge is 2.39. The molecule has 0 aromatic heterocycles. The van der Waals surface area contributed by atoms with Gasteiger partial charge in [-0.25, -0.2) is 0 Å². The van der Waals surface area contributed by atoms with Crippen LogP contribution >= 0.6 is 0 Å². The lowest BCUT2D eigenvalue weighted by Gasteiger charge is -2.45. The van der Waals surface area contributed by atoms with Crippen molar-refractivity contribution >= 4 is 0 Å². The molecule has 2 rings (SSSR count). The van der Waals surface area contributed by atoms with Gasteiger partial charge in [-0.1, -0.05) is 51.5 Å². The maximum Gasteiger partial charge on any atom is 0.0104 e. The zero-order valence-electron chi connectivity index (χ0n) is 11.5. The third-order valence-electron chi connectivity index (χ3n) is 4.42. The van der Waals surface area contributed by atoms with Crippen LogP contribution < -0.4 is 5.32 Å². The van der Waals surface area contributed by atoms with Gasteiger partial charge in [0.2, 0.25) is 0 Å². The Morgan fingerprint density at radius 3 is 2.35 bits per heavy atom. The molecule has 1 aliphatic rings. The first-order valence-electron chi connectivity index (χ1n) is 6.94. The molecule has 1 aromatic carbocycles. The van der Waals surface area contributed by atoms with Gasteiger partial charge in [0, 0.05) is 6.04 Å². The van der Waals surface area contributed by atoms with Gasteiger partial charge < -0.3 is 5.32 Å². The van der Waals surface area contributed by atoms with Crippen LogP contribution in [-0.2, 0) is 0 Å². The standard InChI is InChI=1S/C16H25N/c1-5-14-15(10-16(14)17-4)13-8-6-12(7-9-13)11(2)3/h6-9,11,14-17H,5,10H2,1-4H3. The van der Waals surface area contributed by atoms with E-state index in [-0.39, 0.29) is 0 Å². The molecule has 1 heteroatoms. The fourth-order valence-electron chi connectivity index (χ4n) is 3.12. The molecule has 1 N–H and O–H groups in total. The van der Waals surface area contributed by atoms with Crippen molar-refractivity contribution in [3.05, 3.63) is 35.4 Å². The molecule has 0 amide bonds. The molecule has 1 fully saturated rings. The smallest absolute Gasteiger partial charge is 0.0104 e. The van der Waals surface area contributed by atoms with E-state index in [2.05, 4.69) is 57.4 Å². The first-order valence-corrected chi connectivity index (χ1v) is 6.94. The van der Waals surface area contributed by atoms with Gasteiger partial charge in [-0.2, -0.15) is 0 Å². The molecule has 3 atom stereocenters. The van der Waals surface area contributed by atoms with Crippen LogP contribution in [-0.4, -0.2) is 13.1 Å². The van der Waals surface area contributed by atoms with Crippen molar-refractivity contribution in [2.45, 2.75) is 51.5 Å². The SMILES string of the molecule is CCC1C(NC)CC1c1ccc(C(C)C)cc1. The topological polar surface area (TPSA) is 12.0 Å². The number of benzene rings is 1. The minimum absolute atomic E-state index is 0.637. The van der Waals surface area contributed by atoms with E-state index in [1.54, 1.807) is 0 Å². The molecule has 17 heavy (non-hydrogen) atoms. The van der Waals surface area contributed by atoms with Crippen molar-refractivity contribution in [3.8, 4) is 0 Å². The monoisotopic (exact) mass is 231 g/mol. The van der Waals surface area contributed by atoms with E-state index in [1.807, 2.05) is 0 Å². The molecule has 1 aliphatic carbocycles. The molecule has 1 saturated carbocycles. The number of nitrogens with one attached hydrogen (secondary N) is 1. The predicted octanol–water partition coefficient (Wildman–Crippen LogP) is 3.91. The molecule has 1 nitrogen and oxygen atoms in total. The molecular weight excluding hydrogens is 206 g/mol. The van der Waals surface area contributed by atoms with Crippen LogP contribution in [0.2, 0.25) is 0 Å². The van der Waals surface area contributed by atoms with Gasteiger partial charge in [-0.15, -0.1) is 0 Å². The average Bonchev–Trinajstić information content (AvgIpc) is 2.29. The van der Waals surface area contributed by atoms with E-state index < -0.39 is 0 Å².